The molecule has 4 nitrogen and oxygen atoms in total. The summed E-state index contributed by atoms with van der Waals surface area (Å²) in [6.07, 6.45) is -0.0478. The van der Waals surface area contributed by atoms with Crippen LogP contribution in [-0.4, -0.2) is 12.7 Å². The van der Waals surface area contributed by atoms with Crippen molar-refractivity contribution in [2.24, 2.45) is 5.73 Å². The Morgan fingerprint density at radius 2 is 1.70 bits per heavy atom. The molecule has 2 N–H and O–H groups in total. The van der Waals surface area contributed by atoms with E-state index in [1.165, 1.54) is 0 Å². The molecule has 0 spiro atoms. The summed E-state index contributed by atoms with van der Waals surface area (Å²) in [7, 11) is -4.26. The fourth-order valence-electron chi connectivity index (χ4n) is 0.285. The molecule has 0 amide bonds. The number of rotatable bonds is 3. The van der Waals surface area contributed by atoms with E-state index < -0.39 is 7.60 Å². The fraction of sp³-hybridized carbons (Fsp3) is 1.00. The third kappa shape index (κ3) is 17.5. The van der Waals surface area contributed by atoms with Gasteiger partial charge in [-0.05, 0) is 19.1 Å². The molecule has 0 radical (unpaired) electrons. The van der Waals surface area contributed by atoms with E-state index in [1.807, 2.05) is 0 Å². The van der Waals surface area contributed by atoms with E-state index in [9.17, 15) is 14.4 Å². The fourth-order valence-corrected chi connectivity index (χ4v) is 0.855. The Labute approximate surface area is 146 Å². The van der Waals surface area contributed by atoms with E-state index >= 15 is 0 Å². The van der Waals surface area contributed by atoms with Crippen LogP contribution in [-0.2, 0) is 4.57 Å². The van der Waals surface area contributed by atoms with Crippen molar-refractivity contribution in [3.8, 4) is 0 Å². The van der Waals surface area contributed by atoms with Crippen LogP contribution >= 0.6 is 7.60 Å². The normalized spacial score (nSPS) is 9.50. The summed E-state index contributed by atoms with van der Waals surface area (Å²) < 4.78 is 9.81. The van der Waals surface area contributed by atoms with Crippen LogP contribution < -0.4 is 118 Å². The van der Waals surface area contributed by atoms with Crippen LogP contribution in [0, 0.1) is 0 Å². The molecule has 10 heavy (non-hydrogen) atoms. The number of nitrogens with two attached hydrogens (primary N) is 1. The van der Waals surface area contributed by atoms with Gasteiger partial charge in [-0.15, -0.1) is 0 Å². The molecule has 0 saturated carbocycles. The largest absolute Gasteiger partial charge is 1.00 e. The Kier molecular flexibility index (Phi) is 19.9. The Morgan fingerprint density at radius 3 is 1.80 bits per heavy atom. The molecule has 0 heterocycles. The van der Waals surface area contributed by atoms with Crippen molar-refractivity contribution in [1.29, 1.82) is 0 Å². The molecular formula is C3H8K2NO3P. The summed E-state index contributed by atoms with van der Waals surface area (Å²) >= 11 is 0. The van der Waals surface area contributed by atoms with Crippen molar-refractivity contribution < 1.29 is 117 Å². The minimum atomic E-state index is -4.26. The van der Waals surface area contributed by atoms with Gasteiger partial charge in [-0.3, -0.25) is 0 Å². The van der Waals surface area contributed by atoms with E-state index in [4.69, 9.17) is 5.73 Å². The van der Waals surface area contributed by atoms with Gasteiger partial charge in [0, 0.05) is 0 Å². The second-order valence-corrected chi connectivity index (χ2v) is 3.15. The number of hydrogen-bond acceptors (Lipinski definition) is 4. The molecule has 0 aliphatic heterocycles. The third-order valence-corrected chi connectivity index (χ3v) is 1.50. The summed E-state index contributed by atoms with van der Waals surface area (Å²) in [6.45, 7) is 0.258. The standard InChI is InChI=1S/C3H10NO3P.2K/c4-2-1-3-8(5,6)7;;/h1-4H2,(H2,5,6,7);;/q;2*+1/p-2. The van der Waals surface area contributed by atoms with Crippen molar-refractivity contribution in [2.45, 2.75) is 6.42 Å². The van der Waals surface area contributed by atoms with Gasteiger partial charge < -0.3 is 20.1 Å². The zero-order chi connectivity index (χ0) is 6.62. The average molecular weight is 215 g/mol. The molecule has 7 heteroatoms. The molecule has 0 aromatic heterocycles. The minimum absolute atomic E-state index is 0. The third-order valence-electron chi connectivity index (χ3n) is 0.636. The first-order chi connectivity index (χ1) is 3.56. The molecule has 0 aromatic rings. The van der Waals surface area contributed by atoms with Crippen molar-refractivity contribution in [2.75, 3.05) is 12.7 Å². The molecule has 0 aliphatic rings. The quantitative estimate of drug-likeness (QED) is 0.374. The maximum absolute atomic E-state index is 9.81. The van der Waals surface area contributed by atoms with Crippen LogP contribution in [0.3, 0.4) is 0 Å². The summed E-state index contributed by atoms with van der Waals surface area (Å²) in [6, 6.07) is 0. The summed E-state index contributed by atoms with van der Waals surface area (Å²) in [4.78, 5) is 19.6. The van der Waals surface area contributed by atoms with E-state index in [2.05, 4.69) is 0 Å². The Bertz CT molecular complexity index is 106. The summed E-state index contributed by atoms with van der Waals surface area (Å²) in [5, 5.41) is 0. The van der Waals surface area contributed by atoms with E-state index in [0.717, 1.165) is 0 Å². The van der Waals surface area contributed by atoms with Gasteiger partial charge in [-0.2, -0.15) is 0 Å². The van der Waals surface area contributed by atoms with Gasteiger partial charge in [-0.25, -0.2) is 0 Å². The summed E-state index contributed by atoms with van der Waals surface area (Å²) in [5.74, 6) is 0. The predicted molar refractivity (Wildman–Crippen MR) is 26.1 cm³/mol. The van der Waals surface area contributed by atoms with Gasteiger partial charge in [0.1, 0.15) is 0 Å². The molecular weight excluding hydrogens is 207 g/mol. The smallest absolute Gasteiger partial charge is 0.811 e. The maximum atomic E-state index is 9.81. The second kappa shape index (κ2) is 10.5. The van der Waals surface area contributed by atoms with E-state index in [-0.39, 0.29) is 122 Å². The van der Waals surface area contributed by atoms with Crippen molar-refractivity contribution in [3.05, 3.63) is 0 Å². The SMILES string of the molecule is NCCCP(=O)([O-])[O-].[K+].[K+]. The molecule has 0 atom stereocenters. The molecule has 0 rings (SSSR count). The van der Waals surface area contributed by atoms with Gasteiger partial charge in [0.2, 0.25) is 0 Å². The van der Waals surface area contributed by atoms with Crippen LogP contribution in [0.5, 0.6) is 0 Å². The first-order valence-electron chi connectivity index (χ1n) is 2.27. The molecule has 50 valence electrons. The van der Waals surface area contributed by atoms with Gasteiger partial charge in [0.05, 0.1) is 0 Å². The topological polar surface area (TPSA) is 89.2 Å². The Morgan fingerprint density at radius 1 is 1.30 bits per heavy atom. The molecule has 0 fully saturated rings. The average Bonchev–Trinajstić information content (AvgIpc) is 1.59. The number of hydrogen-bond donors (Lipinski definition) is 1. The molecule has 0 unspecified atom stereocenters. The molecule has 0 bridgehead atoms. The maximum Gasteiger partial charge on any atom is 1.00 e. The monoisotopic (exact) mass is 215 g/mol. The zero-order valence-corrected chi connectivity index (χ0v) is 13.5. The Hall–Kier alpha value is 3.38. The predicted octanol–water partition coefficient (Wildman–Crippen LogP) is -7.74. The Balaban J connectivity index is -0.000000245. The molecule has 0 aromatic carbocycles. The minimum Gasteiger partial charge on any atom is -0.811 e. The zero-order valence-electron chi connectivity index (χ0n) is 6.37. The summed E-state index contributed by atoms with van der Waals surface area (Å²) in [5.41, 5.74) is 4.94. The van der Waals surface area contributed by atoms with Crippen LogP contribution in [0.25, 0.3) is 0 Å². The second-order valence-electron chi connectivity index (χ2n) is 1.48. The van der Waals surface area contributed by atoms with E-state index in [0.29, 0.717) is 0 Å². The first kappa shape index (κ1) is 19.0. The van der Waals surface area contributed by atoms with Crippen molar-refractivity contribution >= 4 is 7.60 Å². The molecule has 0 aliphatic carbocycles. The van der Waals surface area contributed by atoms with Crippen LogP contribution in [0.1, 0.15) is 6.42 Å². The first-order valence-corrected chi connectivity index (χ1v) is 4.00. The van der Waals surface area contributed by atoms with Crippen molar-refractivity contribution in [3.63, 3.8) is 0 Å². The molecule has 0 saturated heterocycles. The van der Waals surface area contributed by atoms with Gasteiger partial charge in [0.25, 0.3) is 0 Å². The van der Waals surface area contributed by atoms with Crippen molar-refractivity contribution in [1.82, 2.24) is 0 Å². The van der Waals surface area contributed by atoms with Gasteiger partial charge >= 0.3 is 103 Å². The van der Waals surface area contributed by atoms with Gasteiger partial charge in [0.15, 0.2) is 0 Å². The van der Waals surface area contributed by atoms with Crippen LogP contribution in [0.4, 0.5) is 0 Å². The van der Waals surface area contributed by atoms with E-state index in [1.54, 1.807) is 0 Å². The van der Waals surface area contributed by atoms with Crippen LogP contribution in [0.15, 0.2) is 0 Å². The van der Waals surface area contributed by atoms with Crippen LogP contribution in [0.2, 0.25) is 0 Å². The van der Waals surface area contributed by atoms with Gasteiger partial charge in [-0.1, -0.05) is 7.60 Å².